The molecule has 0 atom stereocenters. The molecule has 2 heterocycles. The van der Waals surface area contributed by atoms with Crippen LogP contribution in [0.4, 0.5) is 0 Å². The summed E-state index contributed by atoms with van der Waals surface area (Å²) in [6.07, 6.45) is 1.56. The summed E-state index contributed by atoms with van der Waals surface area (Å²) in [6.45, 7) is 1.89. The highest BCUT2D eigenvalue weighted by atomic mass is 32.1. The van der Waals surface area contributed by atoms with E-state index >= 15 is 0 Å². The van der Waals surface area contributed by atoms with Crippen LogP contribution in [0.5, 0.6) is 0 Å². The van der Waals surface area contributed by atoms with E-state index in [9.17, 15) is 9.90 Å². The predicted molar refractivity (Wildman–Crippen MR) is 92.0 cm³/mol. The molecule has 6 heteroatoms. The Morgan fingerprint density at radius 1 is 1.46 bits per heavy atom. The number of hydrogen-bond acceptors (Lipinski definition) is 5. The van der Waals surface area contributed by atoms with Crippen molar-refractivity contribution in [1.82, 2.24) is 9.55 Å². The van der Waals surface area contributed by atoms with Gasteiger partial charge in [0, 0.05) is 25.1 Å². The van der Waals surface area contributed by atoms with Crippen molar-refractivity contribution < 1.29 is 9.90 Å². The number of fused-ring (bicyclic) bond motifs is 1. The van der Waals surface area contributed by atoms with Gasteiger partial charge >= 0.3 is 0 Å². The van der Waals surface area contributed by atoms with Crippen molar-refractivity contribution in [2.24, 2.45) is 7.05 Å². The Hall–Kier alpha value is -2.91. The highest BCUT2D eigenvalue weighted by Gasteiger charge is 2.12. The van der Waals surface area contributed by atoms with E-state index in [2.05, 4.69) is 11.1 Å². The van der Waals surface area contributed by atoms with E-state index in [1.54, 1.807) is 23.8 Å². The van der Waals surface area contributed by atoms with Crippen molar-refractivity contribution in [2.75, 3.05) is 0 Å². The quantitative estimate of drug-likeness (QED) is 0.733. The van der Waals surface area contributed by atoms with Gasteiger partial charge in [0.15, 0.2) is 0 Å². The van der Waals surface area contributed by atoms with Gasteiger partial charge in [0.2, 0.25) is 0 Å². The molecule has 0 unspecified atom stereocenters. The molecule has 0 fully saturated rings. The molecular formula is C18H14N3O2S-. The maximum atomic E-state index is 11.2. The maximum Gasteiger partial charge on any atom is 0.120 e. The summed E-state index contributed by atoms with van der Waals surface area (Å²) in [5.41, 5.74) is 3.64. The fourth-order valence-electron chi connectivity index (χ4n) is 2.52. The summed E-state index contributed by atoms with van der Waals surface area (Å²) in [5.74, 6) is -1.16. The Morgan fingerprint density at radius 2 is 2.21 bits per heavy atom. The molecule has 0 aliphatic carbocycles. The number of carbonyl (C=O) groups excluding carboxylic acids is 1. The van der Waals surface area contributed by atoms with Crippen molar-refractivity contribution in [3.05, 3.63) is 52.3 Å². The summed E-state index contributed by atoms with van der Waals surface area (Å²) in [4.78, 5) is 15.7. The number of nitrogens with zero attached hydrogens (tertiary/aromatic N) is 3. The lowest BCUT2D eigenvalue weighted by atomic mass is 10.1. The number of aromatic nitrogens is 2. The summed E-state index contributed by atoms with van der Waals surface area (Å²) >= 11 is 1.45. The lowest BCUT2D eigenvalue weighted by Gasteiger charge is -2.06. The minimum Gasteiger partial charge on any atom is -0.550 e. The molecule has 0 spiro atoms. The lowest BCUT2D eigenvalue weighted by molar-refractivity contribution is -0.304. The Bertz CT molecular complexity index is 972. The number of nitriles is 1. The molecule has 0 saturated heterocycles. The Labute approximate surface area is 143 Å². The average Bonchev–Trinajstić information content (AvgIpc) is 3.10. The second kappa shape index (κ2) is 6.30. The standard InChI is InChI=1S/C18H15N3O2S/c1-11-12(8-14(10-19)21(11)2)7-13(9-17(22)23)18-20-15-5-3-4-6-16(15)24-18/h3-8H,9H2,1-2H3,(H,22,23)/p-1/b13-7+. The van der Waals surface area contributed by atoms with Crippen LogP contribution in [0.1, 0.15) is 28.4 Å². The van der Waals surface area contributed by atoms with Gasteiger partial charge in [-0.25, -0.2) is 4.98 Å². The van der Waals surface area contributed by atoms with Crippen molar-refractivity contribution in [2.45, 2.75) is 13.3 Å². The minimum atomic E-state index is -1.16. The molecule has 0 amide bonds. The third-order valence-corrected chi connectivity index (χ3v) is 5.03. The number of carboxylic acids is 1. The first-order chi connectivity index (χ1) is 11.5. The number of para-hydroxylation sites is 1. The average molecular weight is 336 g/mol. The van der Waals surface area contributed by atoms with Gasteiger partial charge in [0.05, 0.1) is 10.2 Å². The third-order valence-electron chi connectivity index (χ3n) is 3.92. The Morgan fingerprint density at radius 3 is 2.83 bits per heavy atom. The SMILES string of the molecule is Cc1c(/C=C(\CC(=O)[O-])c2nc3ccccc3s2)cc(C#N)n1C. The van der Waals surface area contributed by atoms with Gasteiger partial charge in [-0.05, 0) is 42.3 Å². The maximum absolute atomic E-state index is 11.2. The van der Waals surface area contributed by atoms with Crippen LogP contribution in [0.3, 0.4) is 0 Å². The fraction of sp³-hybridized carbons (Fsp3) is 0.167. The van der Waals surface area contributed by atoms with E-state index < -0.39 is 5.97 Å². The number of carbonyl (C=O) groups is 1. The van der Waals surface area contributed by atoms with Crippen LogP contribution < -0.4 is 5.11 Å². The normalized spacial score (nSPS) is 11.6. The first-order valence-electron chi connectivity index (χ1n) is 7.32. The zero-order valence-electron chi connectivity index (χ0n) is 13.2. The molecule has 3 aromatic rings. The molecule has 0 saturated carbocycles. The number of carboxylic acid groups (broad SMARTS) is 1. The predicted octanol–water partition coefficient (Wildman–Crippen LogP) is 2.50. The lowest BCUT2D eigenvalue weighted by Crippen LogP contribution is -2.22. The molecule has 2 aromatic heterocycles. The largest absolute Gasteiger partial charge is 0.550 e. The van der Waals surface area contributed by atoms with Crippen LogP contribution >= 0.6 is 11.3 Å². The zero-order chi connectivity index (χ0) is 17.3. The van der Waals surface area contributed by atoms with Crippen LogP contribution in [-0.4, -0.2) is 15.5 Å². The summed E-state index contributed by atoms with van der Waals surface area (Å²) < 4.78 is 2.78. The van der Waals surface area contributed by atoms with E-state index in [4.69, 9.17) is 5.26 Å². The first kappa shape index (κ1) is 16.0. The Kier molecular flexibility index (Phi) is 4.19. The molecular weight excluding hydrogens is 322 g/mol. The van der Waals surface area contributed by atoms with Crippen molar-refractivity contribution in [3.63, 3.8) is 0 Å². The van der Waals surface area contributed by atoms with Crippen molar-refractivity contribution in [1.29, 1.82) is 5.26 Å². The molecule has 0 aliphatic rings. The molecule has 5 nitrogen and oxygen atoms in total. The van der Waals surface area contributed by atoms with Crippen molar-refractivity contribution >= 4 is 39.2 Å². The van der Waals surface area contributed by atoms with Crippen LogP contribution in [0, 0.1) is 18.3 Å². The fourth-order valence-corrected chi connectivity index (χ4v) is 3.50. The van der Waals surface area contributed by atoms with Gasteiger partial charge in [-0.1, -0.05) is 12.1 Å². The van der Waals surface area contributed by atoms with E-state index in [1.807, 2.05) is 31.2 Å². The second-order valence-electron chi connectivity index (χ2n) is 5.45. The van der Waals surface area contributed by atoms with Crippen LogP contribution in [0.15, 0.2) is 30.3 Å². The second-order valence-corrected chi connectivity index (χ2v) is 6.48. The molecule has 1 aromatic carbocycles. The number of aliphatic carboxylic acids is 1. The number of benzene rings is 1. The number of rotatable bonds is 4. The molecule has 0 bridgehead atoms. The molecule has 120 valence electrons. The molecule has 0 radical (unpaired) electrons. The van der Waals surface area contributed by atoms with Crippen molar-refractivity contribution in [3.8, 4) is 6.07 Å². The summed E-state index contributed by atoms with van der Waals surface area (Å²) in [7, 11) is 1.81. The summed E-state index contributed by atoms with van der Waals surface area (Å²) in [6, 6.07) is 11.5. The Balaban J connectivity index is 2.13. The van der Waals surface area contributed by atoms with Gasteiger partial charge in [-0.2, -0.15) is 5.26 Å². The highest BCUT2D eigenvalue weighted by Crippen LogP contribution is 2.31. The van der Waals surface area contributed by atoms with Crippen LogP contribution in [0.2, 0.25) is 0 Å². The van der Waals surface area contributed by atoms with Gasteiger partial charge in [-0.3, -0.25) is 0 Å². The van der Waals surface area contributed by atoms with E-state index in [-0.39, 0.29) is 6.42 Å². The topological polar surface area (TPSA) is 81.7 Å². The summed E-state index contributed by atoms with van der Waals surface area (Å²) in [5, 5.41) is 21.0. The molecule has 0 aliphatic heterocycles. The number of hydrogen-bond donors (Lipinski definition) is 0. The van der Waals surface area contributed by atoms with E-state index in [1.165, 1.54) is 11.3 Å². The molecule has 3 rings (SSSR count). The smallest absolute Gasteiger partial charge is 0.120 e. The van der Waals surface area contributed by atoms with Crippen LogP contribution in [0.25, 0.3) is 21.9 Å². The molecule has 0 N–H and O–H groups in total. The molecule has 24 heavy (non-hydrogen) atoms. The van der Waals surface area contributed by atoms with E-state index in [0.29, 0.717) is 16.3 Å². The van der Waals surface area contributed by atoms with Gasteiger partial charge in [-0.15, -0.1) is 11.3 Å². The first-order valence-corrected chi connectivity index (χ1v) is 8.14. The zero-order valence-corrected chi connectivity index (χ0v) is 14.1. The number of thiazole rings is 1. The van der Waals surface area contributed by atoms with Gasteiger partial charge in [0.25, 0.3) is 0 Å². The van der Waals surface area contributed by atoms with Gasteiger partial charge in [0.1, 0.15) is 16.8 Å². The minimum absolute atomic E-state index is 0.226. The van der Waals surface area contributed by atoms with Gasteiger partial charge < -0.3 is 14.5 Å². The van der Waals surface area contributed by atoms with E-state index in [0.717, 1.165) is 21.5 Å². The monoisotopic (exact) mass is 336 g/mol. The van der Waals surface area contributed by atoms with Crippen LogP contribution in [-0.2, 0) is 11.8 Å². The third kappa shape index (κ3) is 2.94. The highest BCUT2D eigenvalue weighted by molar-refractivity contribution is 7.19.